The highest BCUT2D eigenvalue weighted by atomic mass is 32.2. The van der Waals surface area contributed by atoms with Gasteiger partial charge in [0.1, 0.15) is 23.5 Å². The van der Waals surface area contributed by atoms with Gasteiger partial charge in [0.15, 0.2) is 0 Å². The van der Waals surface area contributed by atoms with Crippen LogP contribution in [0.15, 0.2) is 42.1 Å². The molecule has 0 bridgehead atoms. The third-order valence-corrected chi connectivity index (χ3v) is 6.85. The zero-order chi connectivity index (χ0) is 22.9. The van der Waals surface area contributed by atoms with Gasteiger partial charge in [-0.25, -0.2) is 9.59 Å². The van der Waals surface area contributed by atoms with Crippen LogP contribution in [0.1, 0.15) is 32.4 Å². The Morgan fingerprint density at radius 1 is 1.26 bits per heavy atom. The van der Waals surface area contributed by atoms with E-state index < -0.39 is 52.0 Å². The number of methoxy groups -OCH3 is 1. The second-order valence-electron chi connectivity index (χ2n) is 7.92. The van der Waals surface area contributed by atoms with Crippen molar-refractivity contribution in [2.24, 2.45) is 0 Å². The lowest BCUT2D eigenvalue weighted by atomic mass is 9.95. The van der Waals surface area contributed by atoms with E-state index in [9.17, 15) is 24.3 Å². The second kappa shape index (κ2) is 8.62. The van der Waals surface area contributed by atoms with E-state index in [0.29, 0.717) is 11.3 Å². The maximum atomic E-state index is 13.1. The number of carbonyl (C=O) groups is 4. The zero-order valence-corrected chi connectivity index (χ0v) is 18.4. The molecule has 1 aromatic carbocycles. The maximum Gasteiger partial charge on any atom is 0.332 e. The van der Waals surface area contributed by atoms with Crippen molar-refractivity contribution in [2.45, 2.75) is 49.0 Å². The van der Waals surface area contributed by atoms with E-state index in [1.165, 1.54) is 29.8 Å². The van der Waals surface area contributed by atoms with Crippen molar-refractivity contribution in [3.63, 3.8) is 0 Å². The van der Waals surface area contributed by atoms with Crippen molar-refractivity contribution < 1.29 is 29.0 Å². The topological polar surface area (TPSA) is 125 Å². The summed E-state index contributed by atoms with van der Waals surface area (Å²) in [5.74, 6) is -2.51. The van der Waals surface area contributed by atoms with Crippen LogP contribution in [-0.4, -0.2) is 63.1 Å². The summed E-state index contributed by atoms with van der Waals surface area (Å²) in [5.41, 5.74) is 1.06. The standard InChI is InChI=1S/C21H25N3O6S/c1-11(10-13(25)30-4)22-14(12-8-6-5-7-9-12)17(26)23-15-18(27)24-16(20(28)29)21(2,3)31-19(15)24/h5-10,14-16,19,22H,1-4H3,(H,23,26)(H,28,29)/t14?,15-,16+,19-/m1/s1. The number of hydrogen-bond donors (Lipinski definition) is 3. The first-order valence-electron chi connectivity index (χ1n) is 9.67. The number of carboxylic acids is 1. The number of carbonyl (C=O) groups excluding carboxylic acids is 3. The molecule has 0 spiro atoms. The summed E-state index contributed by atoms with van der Waals surface area (Å²) in [6, 6.07) is 6.25. The molecule has 166 valence electrons. The number of allylic oxidation sites excluding steroid dienone is 1. The number of ether oxygens (including phenoxy) is 1. The Morgan fingerprint density at radius 2 is 1.90 bits per heavy atom. The summed E-state index contributed by atoms with van der Waals surface area (Å²) in [7, 11) is 1.26. The van der Waals surface area contributed by atoms with Crippen LogP contribution in [0, 0.1) is 0 Å². The van der Waals surface area contributed by atoms with Crippen molar-refractivity contribution in [3.05, 3.63) is 47.7 Å². The third kappa shape index (κ3) is 4.39. The van der Waals surface area contributed by atoms with Gasteiger partial charge >= 0.3 is 11.9 Å². The van der Waals surface area contributed by atoms with Crippen molar-refractivity contribution >= 4 is 35.5 Å². The van der Waals surface area contributed by atoms with Crippen LogP contribution in [0.5, 0.6) is 0 Å². The van der Waals surface area contributed by atoms with Gasteiger partial charge < -0.3 is 25.4 Å². The van der Waals surface area contributed by atoms with Crippen LogP contribution < -0.4 is 10.6 Å². The molecule has 3 N–H and O–H groups in total. The summed E-state index contributed by atoms with van der Waals surface area (Å²) in [5, 5.41) is 14.8. The largest absolute Gasteiger partial charge is 0.480 e. The van der Waals surface area contributed by atoms with E-state index in [4.69, 9.17) is 0 Å². The molecule has 2 saturated heterocycles. The SMILES string of the molecule is COC(=O)C=C(C)NC(C(=O)N[C@@H]1C(=O)N2[C@@H]1SC(C)(C)[C@@H]2C(=O)O)c1ccccc1. The molecule has 0 radical (unpaired) electrons. The first kappa shape index (κ1) is 22.7. The van der Waals surface area contributed by atoms with E-state index in [1.54, 1.807) is 45.0 Å². The van der Waals surface area contributed by atoms with Crippen molar-refractivity contribution in [1.29, 1.82) is 0 Å². The minimum atomic E-state index is -1.06. The van der Waals surface area contributed by atoms with Gasteiger partial charge in [0.05, 0.1) is 7.11 Å². The number of nitrogens with zero attached hydrogens (tertiary/aromatic N) is 1. The summed E-state index contributed by atoms with van der Waals surface area (Å²) < 4.78 is 3.94. The summed E-state index contributed by atoms with van der Waals surface area (Å²) in [6.45, 7) is 5.18. The Hall–Kier alpha value is -3.01. The maximum absolute atomic E-state index is 13.1. The van der Waals surface area contributed by atoms with Gasteiger partial charge in [0.25, 0.3) is 0 Å². The fraction of sp³-hybridized carbons (Fsp3) is 0.429. The lowest BCUT2D eigenvalue weighted by Gasteiger charge is -2.44. The van der Waals surface area contributed by atoms with E-state index in [1.807, 2.05) is 6.07 Å². The predicted molar refractivity (Wildman–Crippen MR) is 114 cm³/mol. The number of benzene rings is 1. The fourth-order valence-electron chi connectivity index (χ4n) is 3.83. The minimum Gasteiger partial charge on any atom is -0.480 e. The number of carboxylic acid groups (broad SMARTS) is 1. The lowest BCUT2D eigenvalue weighted by molar-refractivity contribution is -0.161. The first-order chi connectivity index (χ1) is 14.6. The molecule has 10 heteroatoms. The molecule has 0 aliphatic carbocycles. The molecule has 31 heavy (non-hydrogen) atoms. The monoisotopic (exact) mass is 447 g/mol. The zero-order valence-electron chi connectivity index (χ0n) is 17.6. The Morgan fingerprint density at radius 3 is 2.48 bits per heavy atom. The van der Waals surface area contributed by atoms with E-state index >= 15 is 0 Å². The highest BCUT2D eigenvalue weighted by Gasteiger charge is 2.64. The smallest absolute Gasteiger partial charge is 0.332 e. The van der Waals surface area contributed by atoms with Crippen LogP contribution in [0.3, 0.4) is 0 Å². The van der Waals surface area contributed by atoms with Gasteiger partial charge in [-0.05, 0) is 26.3 Å². The Kier molecular flexibility index (Phi) is 6.30. The summed E-state index contributed by atoms with van der Waals surface area (Å²) in [6.07, 6.45) is 1.23. The molecular weight excluding hydrogens is 422 g/mol. The summed E-state index contributed by atoms with van der Waals surface area (Å²) in [4.78, 5) is 50.3. The number of aliphatic carboxylic acids is 1. The van der Waals surface area contributed by atoms with Crippen LogP contribution in [-0.2, 0) is 23.9 Å². The number of hydrogen-bond acceptors (Lipinski definition) is 7. The highest BCUT2D eigenvalue weighted by Crippen LogP contribution is 2.50. The quantitative estimate of drug-likeness (QED) is 0.322. The van der Waals surface area contributed by atoms with E-state index in [0.717, 1.165) is 0 Å². The van der Waals surface area contributed by atoms with E-state index in [2.05, 4.69) is 15.4 Å². The van der Waals surface area contributed by atoms with Gasteiger partial charge in [0.2, 0.25) is 11.8 Å². The number of fused-ring (bicyclic) bond motifs is 1. The number of rotatable bonds is 7. The Labute approximate surface area is 184 Å². The minimum absolute atomic E-state index is 0.416. The molecule has 2 amide bonds. The normalized spacial score (nSPS) is 25.2. The van der Waals surface area contributed by atoms with Crippen LogP contribution in [0.4, 0.5) is 0 Å². The lowest BCUT2D eigenvalue weighted by Crippen LogP contribution is -2.71. The molecule has 2 heterocycles. The third-order valence-electron chi connectivity index (χ3n) is 5.28. The average molecular weight is 448 g/mol. The van der Waals surface area contributed by atoms with Gasteiger partial charge in [-0.2, -0.15) is 0 Å². The fourth-order valence-corrected chi connectivity index (χ4v) is 5.46. The molecule has 4 atom stereocenters. The Bertz CT molecular complexity index is 932. The van der Waals surface area contributed by atoms with Crippen LogP contribution in [0.25, 0.3) is 0 Å². The molecule has 2 aliphatic heterocycles. The van der Waals surface area contributed by atoms with Crippen LogP contribution >= 0.6 is 11.8 Å². The van der Waals surface area contributed by atoms with Gasteiger partial charge in [0, 0.05) is 16.5 Å². The van der Waals surface area contributed by atoms with Crippen molar-refractivity contribution in [2.75, 3.05) is 7.11 Å². The predicted octanol–water partition coefficient (Wildman–Crippen LogP) is 1.03. The number of β-lactam (4-membered cyclic amide) rings is 1. The molecular formula is C21H25N3O6S. The van der Waals surface area contributed by atoms with Crippen molar-refractivity contribution in [1.82, 2.24) is 15.5 Å². The number of thioether (sulfide) groups is 1. The number of esters is 1. The van der Waals surface area contributed by atoms with Crippen molar-refractivity contribution in [3.8, 4) is 0 Å². The van der Waals surface area contributed by atoms with E-state index in [-0.39, 0.29) is 0 Å². The Balaban J connectivity index is 1.79. The molecule has 1 aromatic rings. The number of nitrogens with one attached hydrogen (secondary N) is 2. The molecule has 0 aromatic heterocycles. The van der Waals surface area contributed by atoms with Gasteiger partial charge in [-0.15, -0.1) is 11.8 Å². The number of amides is 2. The summed E-state index contributed by atoms with van der Waals surface area (Å²) >= 11 is 1.36. The molecule has 2 fully saturated rings. The molecule has 0 saturated carbocycles. The molecule has 3 rings (SSSR count). The molecule has 2 aliphatic rings. The average Bonchev–Trinajstić information content (AvgIpc) is 2.98. The van der Waals surface area contributed by atoms with Gasteiger partial charge in [-0.1, -0.05) is 30.3 Å². The molecule has 1 unspecified atom stereocenters. The van der Waals surface area contributed by atoms with Crippen LogP contribution in [0.2, 0.25) is 0 Å². The van der Waals surface area contributed by atoms with Gasteiger partial charge in [-0.3, -0.25) is 9.59 Å². The second-order valence-corrected chi connectivity index (χ2v) is 9.69. The molecule has 9 nitrogen and oxygen atoms in total. The highest BCUT2D eigenvalue weighted by molar-refractivity contribution is 8.01. The first-order valence-corrected chi connectivity index (χ1v) is 10.6.